The Morgan fingerprint density at radius 2 is 2.16 bits per heavy atom. The number of pyridine rings is 1. The van der Waals surface area contributed by atoms with Gasteiger partial charge >= 0.3 is 0 Å². The maximum Gasteiger partial charge on any atom is 0.273 e. The molecule has 31 heavy (non-hydrogen) atoms. The molecule has 3 heterocycles. The Bertz CT molecular complexity index is 914. The Labute approximate surface area is 181 Å². The average Bonchev–Trinajstić information content (AvgIpc) is 3.20. The lowest BCUT2D eigenvalue weighted by molar-refractivity contribution is -0.140. The number of carbonyl (C=O) groups is 3. The number of likely N-dealkylation sites (N-methyl/N-ethyl adjacent to an activating group) is 1. The van der Waals surface area contributed by atoms with Gasteiger partial charge in [-0.3, -0.25) is 19.4 Å². The molecule has 0 aromatic carbocycles. The van der Waals surface area contributed by atoms with Crippen molar-refractivity contribution in [3.63, 3.8) is 0 Å². The van der Waals surface area contributed by atoms with Gasteiger partial charge in [0.2, 0.25) is 11.8 Å². The van der Waals surface area contributed by atoms with Crippen LogP contribution in [0.4, 0.5) is 0 Å². The van der Waals surface area contributed by atoms with E-state index in [2.05, 4.69) is 15.5 Å². The van der Waals surface area contributed by atoms with Crippen molar-refractivity contribution in [1.82, 2.24) is 25.3 Å². The Hall–Kier alpha value is -3.23. The molecule has 0 aliphatic carbocycles. The van der Waals surface area contributed by atoms with Gasteiger partial charge in [0.05, 0.1) is 0 Å². The summed E-state index contributed by atoms with van der Waals surface area (Å²) >= 11 is 0. The van der Waals surface area contributed by atoms with E-state index in [0.29, 0.717) is 31.7 Å². The fourth-order valence-corrected chi connectivity index (χ4v) is 3.82. The number of carbonyl (C=O) groups excluding carboxylic acids is 3. The van der Waals surface area contributed by atoms with Crippen molar-refractivity contribution in [2.75, 3.05) is 20.6 Å². The third-order valence-electron chi connectivity index (χ3n) is 5.51. The molecule has 2 atom stereocenters. The molecule has 9 nitrogen and oxygen atoms in total. The van der Waals surface area contributed by atoms with E-state index in [-0.39, 0.29) is 41.8 Å². The van der Waals surface area contributed by atoms with Crippen LogP contribution in [0.25, 0.3) is 0 Å². The summed E-state index contributed by atoms with van der Waals surface area (Å²) in [6, 6.07) is 5.11. The molecule has 2 aromatic heterocycles. The molecule has 0 spiro atoms. The maximum atomic E-state index is 13.0. The number of amides is 3. The lowest BCUT2D eigenvalue weighted by Gasteiger charge is -2.25. The minimum absolute atomic E-state index is 0.0499. The van der Waals surface area contributed by atoms with Crippen LogP contribution in [0.15, 0.2) is 35.1 Å². The van der Waals surface area contributed by atoms with Crippen LogP contribution in [0.1, 0.15) is 47.5 Å². The quantitative estimate of drug-likeness (QED) is 0.779. The average molecular weight is 428 g/mol. The third kappa shape index (κ3) is 6.13. The maximum absolute atomic E-state index is 13.0. The normalized spacial score (nSPS) is 19.8. The van der Waals surface area contributed by atoms with Crippen molar-refractivity contribution < 1.29 is 18.9 Å². The lowest BCUT2D eigenvalue weighted by atomic mass is 9.95. The zero-order chi connectivity index (χ0) is 22.4. The van der Waals surface area contributed by atoms with Gasteiger partial charge in [-0.15, -0.1) is 0 Å². The van der Waals surface area contributed by atoms with E-state index in [1.807, 2.05) is 12.1 Å². The van der Waals surface area contributed by atoms with Crippen LogP contribution in [-0.2, 0) is 16.1 Å². The standard InChI is InChI=1S/C22H29N5O4/c1-15-10-19(25-31-15)21(29)24-18-8-4-7-17(11-20(28)26(2)14-18)22(30)27(3)13-16-6-5-9-23-12-16/h5-6,9-10,12,17-18H,4,7-8,11,13-14H2,1-3H3,(H,24,29)/t17-,18-/m1/s1. The minimum Gasteiger partial charge on any atom is -0.361 e. The smallest absolute Gasteiger partial charge is 0.273 e. The highest BCUT2D eigenvalue weighted by Crippen LogP contribution is 2.21. The van der Waals surface area contributed by atoms with Crippen molar-refractivity contribution in [3.05, 3.63) is 47.6 Å². The first-order chi connectivity index (χ1) is 14.8. The summed E-state index contributed by atoms with van der Waals surface area (Å²) < 4.78 is 4.96. The van der Waals surface area contributed by atoms with Crippen LogP contribution in [0.3, 0.4) is 0 Å². The number of aromatic nitrogens is 2. The van der Waals surface area contributed by atoms with Gasteiger partial charge in [0.1, 0.15) is 5.76 Å². The SMILES string of the molecule is Cc1cc(C(=O)N[C@@H]2CCC[C@@H](C(=O)N(C)Cc3cccnc3)CC(=O)N(C)C2)no1. The van der Waals surface area contributed by atoms with E-state index < -0.39 is 0 Å². The Balaban J connectivity index is 1.62. The Morgan fingerprint density at radius 3 is 2.84 bits per heavy atom. The highest BCUT2D eigenvalue weighted by molar-refractivity contribution is 5.92. The third-order valence-corrected chi connectivity index (χ3v) is 5.51. The highest BCUT2D eigenvalue weighted by atomic mass is 16.5. The van der Waals surface area contributed by atoms with Gasteiger partial charge in [0.15, 0.2) is 5.69 Å². The number of nitrogens with one attached hydrogen (secondary N) is 1. The summed E-state index contributed by atoms with van der Waals surface area (Å²) in [5.41, 5.74) is 1.16. The fourth-order valence-electron chi connectivity index (χ4n) is 3.82. The van der Waals surface area contributed by atoms with Crippen LogP contribution < -0.4 is 5.32 Å². The fraction of sp³-hybridized carbons (Fsp3) is 0.500. The zero-order valence-corrected chi connectivity index (χ0v) is 18.2. The van der Waals surface area contributed by atoms with Crippen LogP contribution in [0.5, 0.6) is 0 Å². The first kappa shape index (κ1) is 22.5. The number of hydrogen-bond donors (Lipinski definition) is 1. The van der Waals surface area contributed by atoms with Gasteiger partial charge in [0, 0.05) is 64.0 Å². The molecule has 0 unspecified atom stereocenters. The molecular formula is C22H29N5O4. The summed E-state index contributed by atoms with van der Waals surface area (Å²) in [6.45, 7) is 2.55. The predicted molar refractivity (Wildman–Crippen MR) is 113 cm³/mol. The van der Waals surface area contributed by atoms with Gasteiger partial charge in [-0.2, -0.15) is 0 Å². The summed E-state index contributed by atoms with van der Waals surface area (Å²) in [6.07, 6.45) is 5.56. The van der Waals surface area contributed by atoms with E-state index in [9.17, 15) is 14.4 Å². The molecule has 1 aliphatic rings. The first-order valence-corrected chi connectivity index (χ1v) is 10.5. The predicted octanol–water partition coefficient (Wildman–Crippen LogP) is 1.78. The number of aryl methyl sites for hydroxylation is 1. The number of hydrogen-bond acceptors (Lipinski definition) is 6. The van der Waals surface area contributed by atoms with Gasteiger partial charge in [-0.1, -0.05) is 17.6 Å². The molecule has 1 N–H and O–H groups in total. The summed E-state index contributed by atoms with van der Waals surface area (Å²) in [5.74, 6) is -0.309. The van der Waals surface area contributed by atoms with Crippen molar-refractivity contribution in [2.45, 2.75) is 45.2 Å². The second-order valence-corrected chi connectivity index (χ2v) is 8.15. The van der Waals surface area contributed by atoms with Crippen LogP contribution in [0, 0.1) is 12.8 Å². The molecule has 1 fully saturated rings. The van der Waals surface area contributed by atoms with Gasteiger partial charge in [0.25, 0.3) is 5.91 Å². The molecule has 166 valence electrons. The second kappa shape index (κ2) is 10.2. The largest absolute Gasteiger partial charge is 0.361 e. The minimum atomic E-state index is -0.385. The lowest BCUT2D eigenvalue weighted by Crippen LogP contribution is -2.44. The molecule has 0 radical (unpaired) electrons. The van der Waals surface area contributed by atoms with Gasteiger partial charge < -0.3 is 19.6 Å². The van der Waals surface area contributed by atoms with E-state index in [4.69, 9.17) is 4.52 Å². The van der Waals surface area contributed by atoms with Crippen molar-refractivity contribution >= 4 is 17.7 Å². The first-order valence-electron chi connectivity index (χ1n) is 10.5. The van der Waals surface area contributed by atoms with Crippen LogP contribution >= 0.6 is 0 Å². The number of rotatable bonds is 5. The molecule has 2 aromatic rings. The van der Waals surface area contributed by atoms with Crippen molar-refractivity contribution in [1.29, 1.82) is 0 Å². The monoisotopic (exact) mass is 427 g/mol. The van der Waals surface area contributed by atoms with E-state index in [0.717, 1.165) is 12.0 Å². The van der Waals surface area contributed by atoms with Crippen LogP contribution in [0.2, 0.25) is 0 Å². The molecule has 9 heteroatoms. The molecule has 1 saturated heterocycles. The van der Waals surface area contributed by atoms with E-state index >= 15 is 0 Å². The second-order valence-electron chi connectivity index (χ2n) is 8.15. The molecule has 1 aliphatic heterocycles. The molecule has 0 bridgehead atoms. The molecule has 3 rings (SSSR count). The van der Waals surface area contributed by atoms with Gasteiger partial charge in [-0.05, 0) is 31.4 Å². The molecule has 0 saturated carbocycles. The van der Waals surface area contributed by atoms with Gasteiger partial charge in [-0.25, -0.2) is 0 Å². The van der Waals surface area contributed by atoms with Crippen LogP contribution in [-0.4, -0.2) is 64.3 Å². The van der Waals surface area contributed by atoms with E-state index in [1.54, 1.807) is 49.3 Å². The van der Waals surface area contributed by atoms with Crippen molar-refractivity contribution in [3.8, 4) is 0 Å². The van der Waals surface area contributed by atoms with Crippen molar-refractivity contribution in [2.24, 2.45) is 5.92 Å². The van der Waals surface area contributed by atoms with E-state index in [1.165, 1.54) is 0 Å². The Kier molecular flexibility index (Phi) is 7.38. The summed E-state index contributed by atoms with van der Waals surface area (Å²) in [4.78, 5) is 45.5. The summed E-state index contributed by atoms with van der Waals surface area (Å²) in [5, 5.41) is 6.68. The Morgan fingerprint density at radius 1 is 1.35 bits per heavy atom. The number of nitrogens with zero attached hydrogens (tertiary/aromatic N) is 4. The summed E-state index contributed by atoms with van der Waals surface area (Å²) in [7, 11) is 3.45. The topological polar surface area (TPSA) is 109 Å². The highest BCUT2D eigenvalue weighted by Gasteiger charge is 2.29. The molecular weight excluding hydrogens is 398 g/mol. The zero-order valence-electron chi connectivity index (χ0n) is 18.2. The molecule has 3 amide bonds.